The lowest BCUT2D eigenvalue weighted by molar-refractivity contribution is 0.337. The van der Waals surface area contributed by atoms with Crippen LogP contribution in [0.1, 0.15) is 32.4 Å². The Morgan fingerprint density at radius 2 is 2.13 bits per heavy atom. The average Bonchev–Trinajstić information content (AvgIpc) is 2.22. The summed E-state index contributed by atoms with van der Waals surface area (Å²) in [7, 11) is 0. The molecule has 0 radical (unpaired) electrons. The number of rotatable bonds is 5. The van der Waals surface area contributed by atoms with Gasteiger partial charge in [-0.3, -0.25) is 4.98 Å². The molecule has 0 bridgehead atoms. The van der Waals surface area contributed by atoms with Gasteiger partial charge in [-0.05, 0) is 46.3 Å². The van der Waals surface area contributed by atoms with Gasteiger partial charge in [0.15, 0.2) is 0 Å². The highest BCUT2D eigenvalue weighted by molar-refractivity contribution is 9.10. The van der Waals surface area contributed by atoms with E-state index in [2.05, 4.69) is 62.8 Å². The number of nitrogens with zero attached hydrogens (tertiary/aromatic N) is 1. The molecule has 0 aliphatic rings. The molecule has 0 aliphatic carbocycles. The second kappa shape index (κ2) is 6.00. The fourth-order valence-corrected chi connectivity index (χ4v) is 2.47. The Morgan fingerprint density at radius 1 is 1.40 bits per heavy atom. The average molecular weight is 335 g/mol. The molecule has 1 nitrogen and oxygen atoms in total. The summed E-state index contributed by atoms with van der Waals surface area (Å²) in [5, 5.41) is 1.03. The van der Waals surface area contributed by atoms with E-state index in [1.54, 1.807) is 0 Å². The summed E-state index contributed by atoms with van der Waals surface area (Å²) in [6.07, 6.45) is 5.37. The van der Waals surface area contributed by atoms with Crippen molar-refractivity contribution in [3.8, 4) is 0 Å². The van der Waals surface area contributed by atoms with E-state index in [0.29, 0.717) is 5.41 Å². The molecule has 0 saturated carbocycles. The van der Waals surface area contributed by atoms with Gasteiger partial charge in [-0.2, -0.15) is 0 Å². The van der Waals surface area contributed by atoms with Gasteiger partial charge in [0.1, 0.15) is 0 Å². The van der Waals surface area contributed by atoms with E-state index in [1.165, 1.54) is 18.5 Å². The van der Waals surface area contributed by atoms with Crippen LogP contribution in [0.5, 0.6) is 0 Å². The molecule has 0 fully saturated rings. The molecular weight excluding hydrogens is 318 g/mol. The Bertz CT molecular complexity index is 297. The van der Waals surface area contributed by atoms with Gasteiger partial charge in [-0.15, -0.1) is 0 Å². The van der Waals surface area contributed by atoms with Gasteiger partial charge < -0.3 is 0 Å². The molecule has 0 spiro atoms. The summed E-state index contributed by atoms with van der Waals surface area (Å²) in [6.45, 7) is 4.55. The van der Waals surface area contributed by atoms with Crippen molar-refractivity contribution in [3.05, 3.63) is 28.5 Å². The summed E-state index contributed by atoms with van der Waals surface area (Å²) < 4.78 is 1.04. The summed E-state index contributed by atoms with van der Waals surface area (Å²) in [5.41, 5.74) is 1.50. The van der Waals surface area contributed by atoms with E-state index in [0.717, 1.165) is 16.2 Å². The number of alkyl halides is 1. The van der Waals surface area contributed by atoms with E-state index >= 15 is 0 Å². The minimum atomic E-state index is 0.329. The maximum atomic E-state index is 4.43. The normalized spacial score (nSPS) is 14.9. The van der Waals surface area contributed by atoms with Crippen molar-refractivity contribution in [2.24, 2.45) is 5.41 Å². The summed E-state index contributed by atoms with van der Waals surface area (Å²) in [5.74, 6) is 0. The zero-order valence-electron chi connectivity index (χ0n) is 9.26. The van der Waals surface area contributed by atoms with Gasteiger partial charge in [-0.25, -0.2) is 0 Å². The molecule has 1 aromatic rings. The first-order valence-electron chi connectivity index (χ1n) is 5.26. The van der Waals surface area contributed by atoms with E-state index in [1.807, 2.05) is 6.20 Å². The van der Waals surface area contributed by atoms with Gasteiger partial charge in [0.25, 0.3) is 0 Å². The second-order valence-electron chi connectivity index (χ2n) is 4.34. The van der Waals surface area contributed by atoms with Crippen LogP contribution in [0, 0.1) is 5.41 Å². The van der Waals surface area contributed by atoms with Crippen LogP contribution >= 0.6 is 31.9 Å². The van der Waals surface area contributed by atoms with Crippen molar-refractivity contribution in [2.45, 2.75) is 33.1 Å². The van der Waals surface area contributed by atoms with Gasteiger partial charge >= 0.3 is 0 Å². The summed E-state index contributed by atoms with van der Waals surface area (Å²) in [4.78, 5) is 4.43. The molecule has 1 aromatic heterocycles. The molecule has 0 aliphatic heterocycles. The Hall–Kier alpha value is 0.110. The fraction of sp³-hybridized carbons (Fsp3) is 0.583. The molecule has 3 heteroatoms. The third-order valence-corrected chi connectivity index (χ3v) is 4.40. The topological polar surface area (TPSA) is 12.9 Å². The predicted molar refractivity (Wildman–Crippen MR) is 72.5 cm³/mol. The van der Waals surface area contributed by atoms with Crippen molar-refractivity contribution in [1.29, 1.82) is 0 Å². The minimum absolute atomic E-state index is 0.329. The number of aromatic nitrogens is 1. The minimum Gasteiger partial charge on any atom is -0.260 e. The van der Waals surface area contributed by atoms with Crippen LogP contribution in [0.2, 0.25) is 0 Å². The van der Waals surface area contributed by atoms with Crippen LogP contribution in [0.4, 0.5) is 0 Å². The highest BCUT2D eigenvalue weighted by Gasteiger charge is 2.22. The van der Waals surface area contributed by atoms with Crippen LogP contribution in [0.25, 0.3) is 0 Å². The number of pyridine rings is 1. The van der Waals surface area contributed by atoms with Crippen LogP contribution < -0.4 is 0 Å². The van der Waals surface area contributed by atoms with Crippen molar-refractivity contribution in [1.82, 2.24) is 4.98 Å². The fourth-order valence-electron chi connectivity index (χ4n) is 1.75. The molecular formula is C12H17Br2N. The molecule has 1 heterocycles. The zero-order valence-corrected chi connectivity index (χ0v) is 12.4. The molecule has 0 amide bonds. The second-order valence-corrected chi connectivity index (χ2v) is 5.82. The SMILES string of the molecule is CCCC(C)(CBr)Cc1ccc(Br)cn1. The first kappa shape index (κ1) is 13.2. The van der Waals surface area contributed by atoms with E-state index in [9.17, 15) is 0 Å². The van der Waals surface area contributed by atoms with Crippen LogP contribution in [-0.4, -0.2) is 10.3 Å². The van der Waals surface area contributed by atoms with Gasteiger partial charge in [0.2, 0.25) is 0 Å². The summed E-state index contributed by atoms with van der Waals surface area (Å²) >= 11 is 7.01. The maximum Gasteiger partial charge on any atom is 0.0413 e. The molecule has 1 rings (SSSR count). The van der Waals surface area contributed by atoms with Gasteiger partial charge in [0, 0.05) is 21.7 Å². The van der Waals surface area contributed by atoms with E-state index in [4.69, 9.17) is 0 Å². The lowest BCUT2D eigenvalue weighted by Crippen LogP contribution is -2.21. The number of hydrogen-bond acceptors (Lipinski definition) is 1. The van der Waals surface area contributed by atoms with Gasteiger partial charge in [-0.1, -0.05) is 36.2 Å². The van der Waals surface area contributed by atoms with Crippen molar-refractivity contribution in [2.75, 3.05) is 5.33 Å². The van der Waals surface area contributed by atoms with Crippen LogP contribution in [-0.2, 0) is 6.42 Å². The molecule has 0 N–H and O–H groups in total. The lowest BCUT2D eigenvalue weighted by atomic mass is 9.83. The van der Waals surface area contributed by atoms with E-state index in [-0.39, 0.29) is 0 Å². The maximum absolute atomic E-state index is 4.43. The number of hydrogen-bond donors (Lipinski definition) is 0. The standard InChI is InChI=1S/C12H17Br2N/c1-3-6-12(2,9-13)7-11-5-4-10(14)8-15-11/h4-5,8H,3,6-7,9H2,1-2H3. The monoisotopic (exact) mass is 333 g/mol. The molecule has 0 aromatic carbocycles. The molecule has 1 atom stereocenters. The Morgan fingerprint density at radius 3 is 2.60 bits per heavy atom. The smallest absolute Gasteiger partial charge is 0.0413 e. The lowest BCUT2D eigenvalue weighted by Gasteiger charge is -2.26. The quantitative estimate of drug-likeness (QED) is 0.718. The predicted octanol–water partition coefficient (Wildman–Crippen LogP) is 4.59. The Kier molecular flexibility index (Phi) is 5.27. The largest absolute Gasteiger partial charge is 0.260 e. The van der Waals surface area contributed by atoms with Crippen molar-refractivity contribution >= 4 is 31.9 Å². The first-order chi connectivity index (χ1) is 7.09. The highest BCUT2D eigenvalue weighted by Crippen LogP contribution is 2.29. The van der Waals surface area contributed by atoms with Crippen LogP contribution in [0.3, 0.4) is 0 Å². The zero-order chi connectivity index (χ0) is 11.3. The first-order valence-corrected chi connectivity index (χ1v) is 7.17. The summed E-state index contributed by atoms with van der Waals surface area (Å²) in [6, 6.07) is 4.16. The number of halogens is 2. The molecule has 0 saturated heterocycles. The highest BCUT2D eigenvalue weighted by atomic mass is 79.9. The van der Waals surface area contributed by atoms with Crippen molar-refractivity contribution in [3.63, 3.8) is 0 Å². The third kappa shape index (κ3) is 4.23. The van der Waals surface area contributed by atoms with Gasteiger partial charge in [0.05, 0.1) is 0 Å². The Balaban J connectivity index is 2.70. The van der Waals surface area contributed by atoms with Crippen LogP contribution in [0.15, 0.2) is 22.8 Å². The van der Waals surface area contributed by atoms with Crippen molar-refractivity contribution < 1.29 is 0 Å². The molecule has 84 valence electrons. The molecule has 15 heavy (non-hydrogen) atoms. The Labute approximate surface area is 109 Å². The van der Waals surface area contributed by atoms with E-state index < -0.39 is 0 Å². The molecule has 1 unspecified atom stereocenters. The third-order valence-electron chi connectivity index (χ3n) is 2.57.